The van der Waals surface area contributed by atoms with Gasteiger partial charge in [-0.1, -0.05) is 0 Å². The van der Waals surface area contributed by atoms with Gasteiger partial charge in [0.05, 0.1) is 5.75 Å². The van der Waals surface area contributed by atoms with Crippen LogP contribution in [0.3, 0.4) is 0 Å². The fraction of sp³-hybridized carbons (Fsp3) is 0.556. The van der Waals surface area contributed by atoms with Crippen molar-refractivity contribution in [1.82, 2.24) is 0 Å². The fourth-order valence-electron chi connectivity index (χ4n) is 1.25. The highest BCUT2D eigenvalue weighted by Gasteiger charge is 2.12. The highest BCUT2D eigenvalue weighted by molar-refractivity contribution is 7.90. The van der Waals surface area contributed by atoms with Crippen LogP contribution in [0.2, 0.25) is 0 Å². The van der Waals surface area contributed by atoms with E-state index in [1.807, 2.05) is 17.7 Å². The van der Waals surface area contributed by atoms with E-state index in [0.29, 0.717) is 6.42 Å². The third-order valence-electron chi connectivity index (χ3n) is 2.09. The lowest BCUT2D eigenvalue weighted by Crippen LogP contribution is -2.15. The van der Waals surface area contributed by atoms with Gasteiger partial charge >= 0.3 is 0 Å². The van der Waals surface area contributed by atoms with Gasteiger partial charge in [-0.05, 0) is 35.2 Å². The predicted octanol–water partition coefficient (Wildman–Crippen LogP) is 1.49. The number of sulfone groups is 1. The second-order valence-corrected chi connectivity index (χ2v) is 6.54. The SMILES string of the molecule is Cc1cscc1C(N)CCS(C)(=O)=O. The Morgan fingerprint density at radius 2 is 2.14 bits per heavy atom. The molecule has 0 aromatic carbocycles. The molecule has 14 heavy (non-hydrogen) atoms. The molecule has 0 fully saturated rings. The number of thiophene rings is 1. The second kappa shape index (κ2) is 4.42. The van der Waals surface area contributed by atoms with Crippen molar-refractivity contribution in [2.24, 2.45) is 5.73 Å². The van der Waals surface area contributed by atoms with E-state index in [1.165, 1.54) is 6.26 Å². The summed E-state index contributed by atoms with van der Waals surface area (Å²) in [5, 5.41) is 4.01. The van der Waals surface area contributed by atoms with E-state index in [0.717, 1.165) is 11.1 Å². The van der Waals surface area contributed by atoms with Crippen LogP contribution in [0, 0.1) is 6.92 Å². The second-order valence-electron chi connectivity index (χ2n) is 3.54. The van der Waals surface area contributed by atoms with Crippen molar-refractivity contribution in [3.63, 3.8) is 0 Å². The molecule has 0 radical (unpaired) electrons. The molecule has 2 N–H and O–H groups in total. The van der Waals surface area contributed by atoms with Crippen molar-refractivity contribution in [1.29, 1.82) is 0 Å². The molecule has 0 aliphatic rings. The molecule has 3 nitrogen and oxygen atoms in total. The number of hydrogen-bond acceptors (Lipinski definition) is 4. The van der Waals surface area contributed by atoms with Gasteiger partial charge in [-0.25, -0.2) is 8.42 Å². The van der Waals surface area contributed by atoms with E-state index in [1.54, 1.807) is 11.3 Å². The van der Waals surface area contributed by atoms with Crippen LogP contribution >= 0.6 is 11.3 Å². The van der Waals surface area contributed by atoms with Gasteiger partial charge in [-0.2, -0.15) is 11.3 Å². The van der Waals surface area contributed by atoms with Crippen LogP contribution in [-0.2, 0) is 9.84 Å². The summed E-state index contributed by atoms with van der Waals surface area (Å²) in [5.41, 5.74) is 8.11. The average molecular weight is 233 g/mol. The molecule has 1 aromatic heterocycles. The number of rotatable bonds is 4. The van der Waals surface area contributed by atoms with E-state index in [2.05, 4.69) is 0 Å². The predicted molar refractivity (Wildman–Crippen MR) is 60.3 cm³/mol. The van der Waals surface area contributed by atoms with E-state index in [9.17, 15) is 8.42 Å². The molecule has 1 rings (SSSR count). The molecule has 0 spiro atoms. The summed E-state index contributed by atoms with van der Waals surface area (Å²) in [6.45, 7) is 1.99. The summed E-state index contributed by atoms with van der Waals surface area (Å²) in [6.07, 6.45) is 1.73. The highest BCUT2D eigenvalue weighted by Crippen LogP contribution is 2.22. The summed E-state index contributed by atoms with van der Waals surface area (Å²) in [7, 11) is -2.90. The first-order valence-corrected chi connectivity index (χ1v) is 7.36. The Labute approximate surface area is 88.9 Å². The molecule has 0 bridgehead atoms. The zero-order chi connectivity index (χ0) is 10.8. The van der Waals surface area contributed by atoms with Crippen LogP contribution in [-0.4, -0.2) is 20.4 Å². The van der Waals surface area contributed by atoms with Crippen molar-refractivity contribution in [2.75, 3.05) is 12.0 Å². The lowest BCUT2D eigenvalue weighted by atomic mass is 10.1. The molecule has 1 heterocycles. The van der Waals surface area contributed by atoms with Gasteiger partial charge < -0.3 is 5.73 Å². The van der Waals surface area contributed by atoms with Gasteiger partial charge in [0.1, 0.15) is 9.84 Å². The molecule has 80 valence electrons. The minimum absolute atomic E-state index is 0.156. The molecule has 0 aliphatic heterocycles. The van der Waals surface area contributed by atoms with Crippen molar-refractivity contribution >= 4 is 21.2 Å². The van der Waals surface area contributed by atoms with Crippen molar-refractivity contribution in [2.45, 2.75) is 19.4 Å². The maximum Gasteiger partial charge on any atom is 0.147 e. The molecule has 0 amide bonds. The standard InChI is InChI=1S/C9H15NO2S2/c1-7-5-13-6-8(7)9(10)3-4-14(2,11)12/h5-6,9H,3-4,10H2,1-2H3. The van der Waals surface area contributed by atoms with Crippen molar-refractivity contribution in [3.8, 4) is 0 Å². The van der Waals surface area contributed by atoms with Gasteiger partial charge in [0.2, 0.25) is 0 Å². The molecular weight excluding hydrogens is 218 g/mol. The van der Waals surface area contributed by atoms with Crippen LogP contribution in [0.1, 0.15) is 23.6 Å². The summed E-state index contributed by atoms with van der Waals surface area (Å²) in [4.78, 5) is 0. The molecule has 1 atom stereocenters. The van der Waals surface area contributed by atoms with Gasteiger partial charge in [0, 0.05) is 12.3 Å². The Kier molecular flexibility index (Phi) is 3.69. The highest BCUT2D eigenvalue weighted by atomic mass is 32.2. The zero-order valence-electron chi connectivity index (χ0n) is 8.36. The van der Waals surface area contributed by atoms with Crippen LogP contribution in [0.4, 0.5) is 0 Å². The molecule has 1 unspecified atom stereocenters. The number of nitrogens with two attached hydrogens (primary N) is 1. The third-order valence-corrected chi connectivity index (χ3v) is 3.95. The molecule has 1 aromatic rings. The van der Waals surface area contributed by atoms with Crippen LogP contribution in [0.25, 0.3) is 0 Å². The molecule has 0 saturated carbocycles. The molecule has 0 saturated heterocycles. The van der Waals surface area contributed by atoms with E-state index >= 15 is 0 Å². The van der Waals surface area contributed by atoms with Crippen LogP contribution in [0.15, 0.2) is 10.8 Å². The first kappa shape index (κ1) is 11.7. The minimum atomic E-state index is -2.90. The first-order chi connectivity index (χ1) is 6.40. The van der Waals surface area contributed by atoms with E-state index < -0.39 is 9.84 Å². The van der Waals surface area contributed by atoms with Crippen molar-refractivity contribution in [3.05, 3.63) is 21.9 Å². The Morgan fingerprint density at radius 1 is 1.50 bits per heavy atom. The largest absolute Gasteiger partial charge is 0.324 e. The summed E-state index contributed by atoms with van der Waals surface area (Å²) in [6, 6.07) is -0.157. The van der Waals surface area contributed by atoms with E-state index in [-0.39, 0.29) is 11.8 Å². The maximum atomic E-state index is 10.9. The van der Waals surface area contributed by atoms with Crippen LogP contribution < -0.4 is 5.73 Å². The quantitative estimate of drug-likeness (QED) is 0.857. The summed E-state index contributed by atoms with van der Waals surface area (Å²) < 4.78 is 21.9. The zero-order valence-corrected chi connectivity index (χ0v) is 9.99. The number of aryl methyl sites for hydroxylation is 1. The Morgan fingerprint density at radius 3 is 2.57 bits per heavy atom. The Bertz CT molecular complexity index is 395. The molecular formula is C9H15NO2S2. The van der Waals surface area contributed by atoms with Crippen LogP contribution in [0.5, 0.6) is 0 Å². The smallest absolute Gasteiger partial charge is 0.147 e. The van der Waals surface area contributed by atoms with E-state index in [4.69, 9.17) is 5.73 Å². The monoisotopic (exact) mass is 233 g/mol. The van der Waals surface area contributed by atoms with Gasteiger partial charge in [-0.3, -0.25) is 0 Å². The minimum Gasteiger partial charge on any atom is -0.324 e. The Hall–Kier alpha value is -0.390. The Balaban J connectivity index is 2.60. The summed E-state index contributed by atoms with van der Waals surface area (Å²) >= 11 is 1.60. The normalized spacial score (nSPS) is 14.2. The number of hydrogen-bond donors (Lipinski definition) is 1. The topological polar surface area (TPSA) is 60.2 Å². The molecule has 5 heteroatoms. The van der Waals surface area contributed by atoms with Gasteiger partial charge in [0.15, 0.2) is 0 Å². The lowest BCUT2D eigenvalue weighted by molar-refractivity contribution is 0.591. The van der Waals surface area contributed by atoms with Gasteiger partial charge in [-0.15, -0.1) is 0 Å². The fourth-order valence-corrected chi connectivity index (χ4v) is 2.84. The average Bonchev–Trinajstić information content (AvgIpc) is 2.46. The maximum absolute atomic E-state index is 10.9. The molecule has 0 aliphatic carbocycles. The third kappa shape index (κ3) is 3.40. The van der Waals surface area contributed by atoms with Gasteiger partial charge in [0.25, 0.3) is 0 Å². The first-order valence-electron chi connectivity index (χ1n) is 4.36. The lowest BCUT2D eigenvalue weighted by Gasteiger charge is -2.10. The summed E-state index contributed by atoms with van der Waals surface area (Å²) in [5.74, 6) is 0.156. The van der Waals surface area contributed by atoms with Crippen molar-refractivity contribution < 1.29 is 8.42 Å².